The van der Waals surface area contributed by atoms with Gasteiger partial charge in [-0.05, 0) is 64.9 Å². The smallest absolute Gasteiger partial charge is 0.314 e. The Balaban J connectivity index is 1.57. The summed E-state index contributed by atoms with van der Waals surface area (Å²) in [4.78, 5) is 16.8. The van der Waals surface area contributed by atoms with Crippen molar-refractivity contribution in [2.24, 2.45) is 0 Å². The van der Waals surface area contributed by atoms with Crippen LogP contribution in [0.15, 0.2) is 18.2 Å². The zero-order chi connectivity index (χ0) is 19.4. The van der Waals surface area contributed by atoms with E-state index in [0.717, 1.165) is 25.9 Å². The van der Waals surface area contributed by atoms with E-state index in [0.29, 0.717) is 35.8 Å². The fraction of sp³-hybridized carbons (Fsp3) is 0.650. The van der Waals surface area contributed by atoms with Gasteiger partial charge in [-0.1, -0.05) is 17.7 Å². The van der Waals surface area contributed by atoms with Crippen molar-refractivity contribution in [3.8, 4) is 0 Å². The monoisotopic (exact) mass is 396 g/mol. The number of carbonyl (C=O) groups is 1. The molecule has 1 saturated carbocycles. The number of halogens is 2. The molecule has 2 atom stereocenters. The first-order valence-corrected chi connectivity index (χ1v) is 10.3. The van der Waals surface area contributed by atoms with Gasteiger partial charge in [-0.15, -0.1) is 0 Å². The van der Waals surface area contributed by atoms with Crippen LogP contribution < -0.4 is 10.6 Å². The molecule has 1 aromatic rings. The van der Waals surface area contributed by atoms with Crippen molar-refractivity contribution in [2.45, 2.75) is 50.7 Å². The van der Waals surface area contributed by atoms with Crippen molar-refractivity contribution >= 4 is 17.6 Å². The van der Waals surface area contributed by atoms with Crippen LogP contribution >= 0.6 is 11.6 Å². The first kappa shape index (κ1) is 20.4. The van der Waals surface area contributed by atoms with Gasteiger partial charge in [-0.25, -0.2) is 9.18 Å². The van der Waals surface area contributed by atoms with Crippen LogP contribution in [-0.2, 0) is 0 Å². The second-order valence-electron chi connectivity index (χ2n) is 7.73. The summed E-state index contributed by atoms with van der Waals surface area (Å²) in [6, 6.07) is 5.23. The van der Waals surface area contributed by atoms with E-state index in [2.05, 4.69) is 34.4 Å². The molecule has 1 saturated heterocycles. The maximum absolute atomic E-state index is 14.5. The molecule has 2 fully saturated rings. The van der Waals surface area contributed by atoms with Crippen LogP contribution in [0.1, 0.15) is 44.2 Å². The molecule has 2 N–H and O–H groups in total. The lowest BCUT2D eigenvalue weighted by Gasteiger charge is -2.29. The Morgan fingerprint density at radius 2 is 1.96 bits per heavy atom. The highest BCUT2D eigenvalue weighted by Gasteiger charge is 2.30. The molecule has 1 aromatic carbocycles. The van der Waals surface area contributed by atoms with E-state index in [1.165, 1.54) is 18.9 Å². The zero-order valence-corrected chi connectivity index (χ0v) is 16.9. The van der Waals surface area contributed by atoms with Gasteiger partial charge in [0.2, 0.25) is 0 Å². The van der Waals surface area contributed by atoms with Gasteiger partial charge in [0, 0.05) is 35.8 Å². The molecule has 7 heteroatoms. The summed E-state index contributed by atoms with van der Waals surface area (Å²) in [7, 11) is 2.10. The molecular formula is C20H30ClFN4O. The van der Waals surface area contributed by atoms with E-state index in [4.69, 9.17) is 11.6 Å². The molecule has 2 unspecified atom stereocenters. The SMILES string of the molecule is CC(CNC(=O)NCC(c1c(F)cccc1Cl)N1CCCC1)N(C)C1CC1. The highest BCUT2D eigenvalue weighted by atomic mass is 35.5. The third kappa shape index (κ3) is 5.33. The summed E-state index contributed by atoms with van der Waals surface area (Å²) in [5.74, 6) is -0.318. The normalized spacial score (nSPS) is 19.9. The average molecular weight is 397 g/mol. The Morgan fingerprint density at radius 3 is 2.59 bits per heavy atom. The molecule has 0 spiro atoms. The highest BCUT2D eigenvalue weighted by molar-refractivity contribution is 6.31. The minimum atomic E-state index is -0.318. The van der Waals surface area contributed by atoms with Crippen molar-refractivity contribution in [3.05, 3.63) is 34.6 Å². The minimum absolute atomic E-state index is 0.220. The van der Waals surface area contributed by atoms with Gasteiger partial charge in [0.1, 0.15) is 5.82 Å². The molecule has 1 heterocycles. The van der Waals surface area contributed by atoms with Crippen molar-refractivity contribution in [1.82, 2.24) is 20.4 Å². The van der Waals surface area contributed by atoms with Crippen LogP contribution in [0, 0.1) is 5.82 Å². The molecule has 5 nitrogen and oxygen atoms in total. The largest absolute Gasteiger partial charge is 0.337 e. The molecule has 1 aliphatic carbocycles. The van der Waals surface area contributed by atoms with Gasteiger partial charge in [0.15, 0.2) is 0 Å². The zero-order valence-electron chi connectivity index (χ0n) is 16.2. The third-order valence-corrected chi connectivity index (χ3v) is 6.08. The van der Waals surface area contributed by atoms with Crippen molar-refractivity contribution in [1.29, 1.82) is 0 Å². The maximum Gasteiger partial charge on any atom is 0.314 e. The Bertz CT molecular complexity index is 629. The number of carbonyl (C=O) groups excluding carboxylic acids is 1. The van der Waals surface area contributed by atoms with Crippen molar-refractivity contribution in [2.75, 3.05) is 33.2 Å². The molecular weight excluding hydrogens is 367 g/mol. The van der Waals surface area contributed by atoms with Crippen LogP contribution in [0.2, 0.25) is 5.02 Å². The summed E-state index contributed by atoms with van der Waals surface area (Å²) in [6.45, 7) is 4.82. The number of nitrogens with one attached hydrogen (secondary N) is 2. The van der Waals surface area contributed by atoms with E-state index in [9.17, 15) is 9.18 Å². The van der Waals surface area contributed by atoms with E-state index in [-0.39, 0.29) is 17.9 Å². The van der Waals surface area contributed by atoms with Crippen LogP contribution in [0.4, 0.5) is 9.18 Å². The molecule has 0 aromatic heterocycles. The number of urea groups is 1. The Hall–Kier alpha value is -1.37. The van der Waals surface area contributed by atoms with Crippen LogP contribution in [0.5, 0.6) is 0 Å². The van der Waals surface area contributed by atoms with E-state index < -0.39 is 0 Å². The molecule has 150 valence electrons. The molecule has 27 heavy (non-hydrogen) atoms. The summed E-state index contributed by atoms with van der Waals surface area (Å²) >= 11 is 6.29. The molecule has 0 radical (unpaired) electrons. The number of hydrogen-bond donors (Lipinski definition) is 2. The van der Waals surface area contributed by atoms with Crippen LogP contribution in [-0.4, -0.2) is 61.1 Å². The van der Waals surface area contributed by atoms with E-state index in [1.54, 1.807) is 12.1 Å². The van der Waals surface area contributed by atoms with E-state index in [1.807, 2.05) is 0 Å². The molecule has 1 aliphatic heterocycles. The topological polar surface area (TPSA) is 47.6 Å². The number of rotatable bonds is 8. The third-order valence-electron chi connectivity index (χ3n) is 5.75. The number of hydrogen-bond acceptors (Lipinski definition) is 3. The molecule has 2 aliphatic rings. The van der Waals surface area contributed by atoms with Crippen LogP contribution in [0.3, 0.4) is 0 Å². The lowest BCUT2D eigenvalue weighted by atomic mass is 10.0. The van der Waals surface area contributed by atoms with Crippen LogP contribution in [0.25, 0.3) is 0 Å². The number of likely N-dealkylation sites (N-methyl/N-ethyl adjacent to an activating group) is 1. The summed E-state index contributed by atoms with van der Waals surface area (Å²) < 4.78 is 14.5. The molecule has 0 bridgehead atoms. The number of likely N-dealkylation sites (tertiary alicyclic amines) is 1. The molecule has 3 rings (SSSR count). The van der Waals surface area contributed by atoms with Crippen molar-refractivity contribution in [3.63, 3.8) is 0 Å². The number of amides is 2. The van der Waals surface area contributed by atoms with Gasteiger partial charge >= 0.3 is 6.03 Å². The predicted octanol–water partition coefficient (Wildman–Crippen LogP) is 3.40. The quantitative estimate of drug-likeness (QED) is 0.708. The van der Waals surface area contributed by atoms with Gasteiger partial charge in [-0.3, -0.25) is 9.80 Å². The minimum Gasteiger partial charge on any atom is -0.337 e. The van der Waals surface area contributed by atoms with Gasteiger partial charge < -0.3 is 10.6 Å². The second kappa shape index (κ2) is 9.22. The Morgan fingerprint density at radius 1 is 1.30 bits per heavy atom. The highest BCUT2D eigenvalue weighted by Crippen LogP contribution is 2.32. The maximum atomic E-state index is 14.5. The van der Waals surface area contributed by atoms with Gasteiger partial charge in [0.05, 0.1) is 6.04 Å². The first-order valence-electron chi connectivity index (χ1n) is 9.89. The van der Waals surface area contributed by atoms with E-state index >= 15 is 0 Å². The number of nitrogens with zero attached hydrogens (tertiary/aromatic N) is 2. The van der Waals surface area contributed by atoms with Gasteiger partial charge in [0.25, 0.3) is 0 Å². The second-order valence-corrected chi connectivity index (χ2v) is 8.14. The molecule has 2 amide bonds. The predicted molar refractivity (Wildman–Crippen MR) is 107 cm³/mol. The lowest BCUT2D eigenvalue weighted by molar-refractivity contribution is 0.210. The lowest BCUT2D eigenvalue weighted by Crippen LogP contribution is -2.46. The Kier molecular flexibility index (Phi) is 6.95. The number of benzene rings is 1. The average Bonchev–Trinajstić information content (AvgIpc) is 3.36. The summed E-state index contributed by atoms with van der Waals surface area (Å²) in [5, 5.41) is 6.26. The first-order chi connectivity index (χ1) is 13.0. The van der Waals surface area contributed by atoms with Gasteiger partial charge in [-0.2, -0.15) is 0 Å². The Labute approximate surface area is 166 Å². The summed E-state index contributed by atoms with van der Waals surface area (Å²) in [6.07, 6.45) is 4.65. The fourth-order valence-corrected chi connectivity index (χ4v) is 4.06. The standard InChI is InChI=1S/C20H30ClFN4O/c1-14(25(2)15-8-9-15)12-23-20(27)24-13-18(26-10-3-4-11-26)19-16(21)6-5-7-17(19)22/h5-7,14-15,18H,3-4,8-13H2,1-2H3,(H2,23,24,27). The fourth-order valence-electron chi connectivity index (χ4n) is 3.77. The summed E-state index contributed by atoms with van der Waals surface area (Å²) in [5.41, 5.74) is 0.475. The van der Waals surface area contributed by atoms with Crippen molar-refractivity contribution < 1.29 is 9.18 Å².